The second kappa shape index (κ2) is 21.2. The van der Waals surface area contributed by atoms with Crippen LogP contribution in [0.4, 0.5) is 0 Å². The normalized spacial score (nSPS) is 15.1. The van der Waals surface area contributed by atoms with E-state index >= 15 is 0 Å². The van der Waals surface area contributed by atoms with Crippen LogP contribution in [0.1, 0.15) is 108 Å². The van der Waals surface area contributed by atoms with Crippen LogP contribution in [0.25, 0.3) is 66.4 Å². The number of hydrogen-bond donors (Lipinski definition) is 0. The lowest BCUT2D eigenvalue weighted by Crippen LogP contribution is -2.30. The highest BCUT2D eigenvalue weighted by Gasteiger charge is 2.52. The smallest absolute Gasteiger partial charge is 0.194 e. The van der Waals surface area contributed by atoms with Gasteiger partial charge in [0.2, 0.25) is 0 Å². The third-order valence-corrected chi connectivity index (χ3v) is 20.7. The van der Waals surface area contributed by atoms with Gasteiger partial charge in [-0.3, -0.25) is 9.59 Å². The van der Waals surface area contributed by atoms with Gasteiger partial charge in [-0.2, -0.15) is 21.0 Å². The molecule has 90 heavy (non-hydrogen) atoms. The fraction of sp³-hybridized carbons (Fsp3) is 0.0732. The number of ketones is 2. The fourth-order valence-electron chi connectivity index (χ4n) is 14.4. The number of rotatable bonds is 8. The molecule has 0 bridgehead atoms. The highest BCUT2D eigenvalue weighted by atomic mass is 32.1. The summed E-state index contributed by atoms with van der Waals surface area (Å²) in [5, 5.41) is 40.4. The Bertz CT molecular complexity index is 4830. The number of thiophene rings is 2. The van der Waals surface area contributed by atoms with Crippen molar-refractivity contribution in [2.75, 3.05) is 0 Å². The van der Waals surface area contributed by atoms with Crippen molar-refractivity contribution in [2.24, 2.45) is 0 Å². The number of hydrogen-bond acceptors (Lipinski definition) is 8. The summed E-state index contributed by atoms with van der Waals surface area (Å²) in [6, 6.07) is 85.6. The SMILES string of the molecule is Cc1ccc(C2(c3ccc(C)cc3)c3cc(-c4ccc(C=C5C(=O)c6ccccc6C5=C(C#N)C#N)s4)ccc3-c3cc4c(cc32)-c2ccc(-c3ccc(C=C5C(=O)c6ccccc6C5=C(C#N)C#N)s3)cc2C4(c2ccc(C)cc2)c2ccc(C)cc2)cc1. The monoisotopic (exact) mass is 1190 g/mol. The fourth-order valence-corrected chi connectivity index (χ4v) is 16.3. The van der Waals surface area contributed by atoms with Crippen LogP contribution in [0, 0.1) is 73.0 Å². The molecule has 0 atom stereocenters. The number of aryl methyl sites for hydroxylation is 4. The van der Waals surface area contributed by atoms with Crippen LogP contribution in [-0.2, 0) is 10.8 Å². The summed E-state index contributed by atoms with van der Waals surface area (Å²) >= 11 is 3.13. The van der Waals surface area contributed by atoms with E-state index in [2.05, 4.69) is 210 Å². The lowest BCUT2D eigenvalue weighted by molar-refractivity contribution is 0.103. The molecular weight excluding hydrogens is 1140 g/mol. The molecule has 4 aliphatic carbocycles. The maximum absolute atomic E-state index is 14.1. The first-order chi connectivity index (χ1) is 43.9. The van der Waals surface area contributed by atoms with Gasteiger partial charge in [-0.05, 0) is 177 Å². The minimum Gasteiger partial charge on any atom is -0.289 e. The molecule has 15 rings (SSSR count). The highest BCUT2D eigenvalue weighted by Crippen LogP contribution is 2.64. The van der Waals surface area contributed by atoms with Gasteiger partial charge < -0.3 is 0 Å². The quantitative estimate of drug-likeness (QED) is 0.110. The van der Waals surface area contributed by atoms with Crippen molar-refractivity contribution in [1.82, 2.24) is 0 Å². The number of allylic oxidation sites excluding steroid dienone is 6. The molecule has 2 heterocycles. The van der Waals surface area contributed by atoms with E-state index in [9.17, 15) is 30.6 Å². The number of nitrogens with zero attached hydrogens (tertiary/aromatic N) is 4. The third kappa shape index (κ3) is 8.24. The van der Waals surface area contributed by atoms with Gasteiger partial charge in [0.25, 0.3) is 0 Å². The van der Waals surface area contributed by atoms with Crippen LogP contribution in [0.3, 0.4) is 0 Å². The number of benzene rings is 9. The van der Waals surface area contributed by atoms with Gasteiger partial charge >= 0.3 is 0 Å². The molecule has 0 saturated heterocycles. The molecule has 422 valence electrons. The van der Waals surface area contributed by atoms with E-state index in [0.29, 0.717) is 44.5 Å². The van der Waals surface area contributed by atoms with Gasteiger partial charge in [-0.1, -0.05) is 192 Å². The highest BCUT2D eigenvalue weighted by molar-refractivity contribution is 7.16. The number of Topliss-reactive ketones (excluding diaryl/α,β-unsaturated/α-hetero) is 2. The summed E-state index contributed by atoms with van der Waals surface area (Å²) in [6.45, 7) is 8.52. The molecule has 0 saturated carbocycles. The molecular formula is C82H50N4O2S2. The molecule has 11 aromatic rings. The van der Waals surface area contributed by atoms with Crippen molar-refractivity contribution in [2.45, 2.75) is 38.5 Å². The summed E-state index contributed by atoms with van der Waals surface area (Å²) < 4.78 is 0. The summed E-state index contributed by atoms with van der Waals surface area (Å²) in [4.78, 5) is 31.8. The molecule has 0 amide bonds. The first-order valence-electron chi connectivity index (χ1n) is 29.7. The molecule has 0 N–H and O–H groups in total. The Morgan fingerprint density at radius 1 is 0.344 bits per heavy atom. The summed E-state index contributed by atoms with van der Waals surface area (Å²) in [7, 11) is 0. The zero-order valence-corrected chi connectivity index (χ0v) is 51.0. The van der Waals surface area contributed by atoms with Crippen LogP contribution in [0.5, 0.6) is 0 Å². The number of nitriles is 4. The first kappa shape index (κ1) is 55.2. The standard InChI is InChI=1S/C82H50N4O2S2/c1-47-13-23-55(24-14-47)81(56-25-15-48(2)16-26-56)71-37-51(75-35-31-59(89-75)39-69-77(53(43-83)44-84)63-9-5-7-11-65(63)79(69)87)21-33-61(71)67-42-74-68(41-73(67)81)62-34-22-52(38-72(62)82(74,57-27-17-49(3)18-28-57)58-29-19-50(4)20-30-58)76-36-32-60(90-76)40-70-78(54(45-85)46-86)64-10-6-8-12-66(64)80(70)88/h5-42H,1-4H3. The molecule has 2 aromatic heterocycles. The second-order valence-corrected chi connectivity index (χ2v) is 25.9. The van der Waals surface area contributed by atoms with E-state index in [-0.39, 0.29) is 22.7 Å². The largest absolute Gasteiger partial charge is 0.289 e. The van der Waals surface area contributed by atoms with Crippen molar-refractivity contribution in [3.05, 3.63) is 339 Å². The van der Waals surface area contributed by atoms with Crippen LogP contribution < -0.4 is 0 Å². The Morgan fingerprint density at radius 2 is 0.656 bits per heavy atom. The van der Waals surface area contributed by atoms with E-state index in [0.717, 1.165) is 109 Å². The molecule has 0 radical (unpaired) electrons. The van der Waals surface area contributed by atoms with Crippen LogP contribution in [-0.4, -0.2) is 11.6 Å². The third-order valence-electron chi connectivity index (χ3n) is 18.6. The Labute approximate surface area is 530 Å². The van der Waals surface area contributed by atoms with E-state index in [1.807, 2.05) is 36.4 Å². The molecule has 8 heteroatoms. The van der Waals surface area contributed by atoms with Gasteiger partial charge in [-0.15, -0.1) is 22.7 Å². The molecule has 6 nitrogen and oxygen atoms in total. The van der Waals surface area contributed by atoms with Gasteiger partial charge in [0.1, 0.15) is 35.4 Å². The molecule has 4 aliphatic rings. The molecule has 0 fully saturated rings. The number of carbonyl (C=O) groups is 2. The minimum absolute atomic E-state index is 0.0936. The molecule has 0 unspecified atom stereocenters. The zero-order valence-electron chi connectivity index (χ0n) is 49.4. The van der Waals surface area contributed by atoms with E-state index in [4.69, 9.17) is 0 Å². The van der Waals surface area contributed by atoms with Crippen molar-refractivity contribution < 1.29 is 9.59 Å². The Balaban J connectivity index is 0.944. The Morgan fingerprint density at radius 3 is 0.978 bits per heavy atom. The Kier molecular flexibility index (Phi) is 13.0. The van der Waals surface area contributed by atoms with Crippen molar-refractivity contribution in [3.8, 4) is 67.4 Å². The van der Waals surface area contributed by atoms with Gasteiger partial charge in [-0.25, -0.2) is 0 Å². The van der Waals surface area contributed by atoms with E-state index in [1.54, 1.807) is 59.1 Å². The van der Waals surface area contributed by atoms with E-state index < -0.39 is 10.8 Å². The van der Waals surface area contributed by atoms with Gasteiger partial charge in [0, 0.05) is 52.9 Å². The molecule has 0 spiro atoms. The summed E-state index contributed by atoms with van der Waals surface area (Å²) in [5.74, 6) is -0.422. The van der Waals surface area contributed by atoms with Crippen LogP contribution in [0.15, 0.2) is 241 Å². The minimum atomic E-state index is -0.800. The predicted molar refractivity (Wildman–Crippen MR) is 360 cm³/mol. The van der Waals surface area contributed by atoms with Crippen molar-refractivity contribution in [1.29, 1.82) is 21.0 Å². The average molecular weight is 1190 g/mol. The predicted octanol–water partition coefficient (Wildman–Crippen LogP) is 19.3. The lowest BCUT2D eigenvalue weighted by Gasteiger charge is -2.36. The topological polar surface area (TPSA) is 129 Å². The summed E-state index contributed by atoms with van der Waals surface area (Å²) in [6.07, 6.45) is 3.66. The van der Waals surface area contributed by atoms with Crippen molar-refractivity contribution >= 4 is 57.5 Å². The lowest BCUT2D eigenvalue weighted by atomic mass is 9.65. The molecule has 0 aliphatic heterocycles. The van der Waals surface area contributed by atoms with Crippen LogP contribution in [0.2, 0.25) is 0 Å². The van der Waals surface area contributed by atoms with Crippen molar-refractivity contribution in [3.63, 3.8) is 0 Å². The van der Waals surface area contributed by atoms with Gasteiger partial charge in [0.05, 0.1) is 10.8 Å². The number of carbonyl (C=O) groups excluding carboxylic acids is 2. The Hall–Kier alpha value is -11.4. The number of fused-ring (bicyclic) bond motifs is 8. The first-order valence-corrected chi connectivity index (χ1v) is 31.3. The molecule has 9 aromatic carbocycles. The second-order valence-electron chi connectivity index (χ2n) is 23.6. The average Bonchev–Trinajstić information content (AvgIpc) is 1.51. The zero-order chi connectivity index (χ0) is 61.7. The van der Waals surface area contributed by atoms with Gasteiger partial charge in [0.15, 0.2) is 11.6 Å². The van der Waals surface area contributed by atoms with Crippen LogP contribution >= 0.6 is 22.7 Å². The summed E-state index contributed by atoms with van der Waals surface area (Å²) in [5.41, 5.74) is 22.1. The maximum Gasteiger partial charge on any atom is 0.194 e. The van der Waals surface area contributed by atoms with E-state index in [1.165, 1.54) is 11.1 Å². The maximum atomic E-state index is 14.1.